The number of rotatable bonds is 7. The second kappa shape index (κ2) is 8.76. The molecule has 0 saturated carbocycles. The molecule has 0 aliphatic carbocycles. The summed E-state index contributed by atoms with van der Waals surface area (Å²) in [4.78, 5) is 0. The van der Waals surface area contributed by atoms with Gasteiger partial charge in [-0.2, -0.15) is 0 Å². The second-order valence-electron chi connectivity index (χ2n) is 1.66. The van der Waals surface area contributed by atoms with Gasteiger partial charge in [-0.15, -0.1) is 0 Å². The summed E-state index contributed by atoms with van der Waals surface area (Å²) in [5.41, 5.74) is 0. The summed E-state index contributed by atoms with van der Waals surface area (Å²) in [5.74, 6) is 0. The molecule has 11 heavy (non-hydrogen) atoms. The molecule has 0 atom stereocenters. The van der Waals surface area contributed by atoms with E-state index in [1.165, 1.54) is 0 Å². The molecule has 0 amide bonds. The molecule has 68 valence electrons. The molecule has 0 unspecified atom stereocenters. The molecule has 0 rings (SSSR count). The molecule has 5 nitrogen and oxygen atoms in total. The van der Waals surface area contributed by atoms with E-state index in [2.05, 4.69) is 0 Å². The zero-order valence-corrected chi connectivity index (χ0v) is 13.0. The van der Waals surface area contributed by atoms with Gasteiger partial charge in [0.1, 0.15) is 10.5 Å². The van der Waals surface area contributed by atoms with Crippen molar-refractivity contribution in [3.63, 3.8) is 0 Å². The predicted octanol–water partition coefficient (Wildman–Crippen LogP) is -3.68. The van der Waals surface area contributed by atoms with Gasteiger partial charge in [0.2, 0.25) is 0 Å². The number of hydrogen-bond acceptors (Lipinski definition) is 5. The van der Waals surface area contributed by atoms with Crippen molar-refractivity contribution in [2.24, 2.45) is 0 Å². The Hall–Kier alpha value is 0.668. The zero-order valence-electron chi connectivity index (χ0n) is 7.03. The standard InChI is InChI=1S/C2H14O5Si4/c1-3-11(4-2)7-10-6-9-5-8/h11H,9-10H2,1-2,8H3. The Morgan fingerprint density at radius 2 is 1.82 bits per heavy atom. The van der Waals surface area contributed by atoms with E-state index in [0.29, 0.717) is 0 Å². The minimum atomic E-state index is -1.82. The van der Waals surface area contributed by atoms with Crippen LogP contribution in [0.5, 0.6) is 0 Å². The van der Waals surface area contributed by atoms with Crippen LogP contribution in [0, 0.1) is 0 Å². The maximum Gasteiger partial charge on any atom is 0.474 e. The summed E-state index contributed by atoms with van der Waals surface area (Å²) < 4.78 is 25.1. The van der Waals surface area contributed by atoms with Crippen LogP contribution in [0.1, 0.15) is 0 Å². The van der Waals surface area contributed by atoms with Gasteiger partial charge < -0.3 is 21.2 Å². The van der Waals surface area contributed by atoms with Crippen LogP contribution in [0.15, 0.2) is 0 Å². The quantitative estimate of drug-likeness (QED) is 0.333. The molecular weight excluding hydrogens is 216 g/mol. The van der Waals surface area contributed by atoms with Crippen LogP contribution >= 0.6 is 0 Å². The van der Waals surface area contributed by atoms with Crippen molar-refractivity contribution in [3.8, 4) is 0 Å². The van der Waals surface area contributed by atoms with Gasteiger partial charge in [0.25, 0.3) is 20.0 Å². The zero-order chi connectivity index (χ0) is 8.53. The molecule has 0 aliphatic heterocycles. The summed E-state index contributed by atoms with van der Waals surface area (Å²) in [7, 11) is 0.468. The first kappa shape index (κ1) is 11.7. The lowest BCUT2D eigenvalue weighted by atomic mass is 11.8. The fraction of sp³-hybridized carbons (Fsp3) is 1.00. The fourth-order valence-corrected chi connectivity index (χ4v) is 5.87. The van der Waals surface area contributed by atoms with E-state index in [1.807, 2.05) is 0 Å². The second-order valence-corrected chi connectivity index (χ2v) is 8.92. The first-order valence-electron chi connectivity index (χ1n) is 3.09. The fourth-order valence-electron chi connectivity index (χ4n) is 0.453. The molecule has 0 saturated heterocycles. The first-order chi connectivity index (χ1) is 5.35. The minimum absolute atomic E-state index is 0.727. The van der Waals surface area contributed by atoms with Crippen LogP contribution in [0.25, 0.3) is 0 Å². The highest BCUT2D eigenvalue weighted by Gasteiger charge is 2.09. The maximum atomic E-state index is 5.22. The Balaban J connectivity index is 3.07. The van der Waals surface area contributed by atoms with Gasteiger partial charge >= 0.3 is 9.53 Å². The molecule has 0 N–H and O–H groups in total. The molecule has 0 bridgehead atoms. The van der Waals surface area contributed by atoms with Gasteiger partial charge in [-0.1, -0.05) is 0 Å². The number of hydrogen-bond donors (Lipinski definition) is 0. The summed E-state index contributed by atoms with van der Waals surface area (Å²) in [5, 5.41) is 0. The van der Waals surface area contributed by atoms with Gasteiger partial charge in [-0.05, 0) is 0 Å². The summed E-state index contributed by atoms with van der Waals surface area (Å²) >= 11 is 0. The molecule has 0 aromatic rings. The lowest BCUT2D eigenvalue weighted by Crippen LogP contribution is -2.27. The Morgan fingerprint density at radius 3 is 2.27 bits per heavy atom. The molecule has 0 aliphatic rings. The summed E-state index contributed by atoms with van der Waals surface area (Å²) in [6, 6.07) is 0. The van der Waals surface area contributed by atoms with Crippen LogP contribution in [0.3, 0.4) is 0 Å². The van der Waals surface area contributed by atoms with Crippen molar-refractivity contribution in [3.05, 3.63) is 0 Å². The normalized spacial score (nSPS) is 13.4. The van der Waals surface area contributed by atoms with E-state index < -0.39 is 29.5 Å². The monoisotopic (exact) mass is 230 g/mol. The largest absolute Gasteiger partial charge is 0.474 e. The van der Waals surface area contributed by atoms with E-state index in [1.54, 1.807) is 14.2 Å². The summed E-state index contributed by atoms with van der Waals surface area (Å²) in [6.07, 6.45) is 0. The summed E-state index contributed by atoms with van der Waals surface area (Å²) in [6.45, 7) is 0. The Labute approximate surface area is 76.0 Å². The third kappa shape index (κ3) is 7.04. The smallest absolute Gasteiger partial charge is 0.449 e. The van der Waals surface area contributed by atoms with Crippen LogP contribution in [-0.4, -0.2) is 54.2 Å². The predicted molar refractivity (Wildman–Crippen MR) is 51.4 cm³/mol. The van der Waals surface area contributed by atoms with Crippen LogP contribution in [-0.2, 0) is 21.2 Å². The molecule has 0 fully saturated rings. The van der Waals surface area contributed by atoms with Crippen LogP contribution < -0.4 is 0 Å². The third-order valence-corrected chi connectivity index (χ3v) is 5.55. The first-order valence-corrected chi connectivity index (χ1v) is 7.63. The van der Waals surface area contributed by atoms with E-state index >= 15 is 0 Å². The van der Waals surface area contributed by atoms with Crippen molar-refractivity contribution in [1.82, 2.24) is 0 Å². The average Bonchev–Trinajstić information content (AvgIpc) is 2.05. The van der Waals surface area contributed by atoms with Crippen LogP contribution in [0.2, 0.25) is 0 Å². The lowest BCUT2D eigenvalue weighted by Gasteiger charge is -2.11. The highest BCUT2D eigenvalue weighted by atomic mass is 28.4. The Kier molecular flexibility index (Phi) is 9.29. The van der Waals surface area contributed by atoms with Crippen molar-refractivity contribution in [1.29, 1.82) is 0 Å². The molecule has 0 aromatic heterocycles. The van der Waals surface area contributed by atoms with E-state index in [4.69, 9.17) is 21.2 Å². The SMILES string of the molecule is CO[SiH](OC)O[SiH2]O[SiH2]O[SiH3]. The van der Waals surface area contributed by atoms with Crippen molar-refractivity contribution in [2.75, 3.05) is 14.2 Å². The third-order valence-electron chi connectivity index (χ3n) is 0.874. The Bertz CT molecular complexity index is 78.9. The van der Waals surface area contributed by atoms with Crippen LogP contribution in [0.4, 0.5) is 0 Å². The Morgan fingerprint density at radius 1 is 1.18 bits per heavy atom. The molecule has 0 radical (unpaired) electrons. The highest BCUT2D eigenvalue weighted by Crippen LogP contribution is 1.85. The van der Waals surface area contributed by atoms with Crippen molar-refractivity contribution in [2.45, 2.75) is 0 Å². The van der Waals surface area contributed by atoms with E-state index in [-0.39, 0.29) is 0 Å². The van der Waals surface area contributed by atoms with E-state index in [9.17, 15) is 0 Å². The van der Waals surface area contributed by atoms with Gasteiger partial charge in [0.05, 0.1) is 0 Å². The topological polar surface area (TPSA) is 46.2 Å². The van der Waals surface area contributed by atoms with Crippen molar-refractivity contribution >= 4 is 40.0 Å². The molecule has 0 spiro atoms. The maximum absolute atomic E-state index is 5.22. The molecule has 0 aromatic carbocycles. The molecule has 0 heterocycles. The van der Waals surface area contributed by atoms with E-state index in [0.717, 1.165) is 10.5 Å². The van der Waals surface area contributed by atoms with Gasteiger partial charge in [0.15, 0.2) is 0 Å². The average molecular weight is 230 g/mol. The van der Waals surface area contributed by atoms with Gasteiger partial charge in [0, 0.05) is 14.2 Å². The van der Waals surface area contributed by atoms with Gasteiger partial charge in [-0.3, -0.25) is 0 Å². The minimum Gasteiger partial charge on any atom is -0.449 e. The van der Waals surface area contributed by atoms with Gasteiger partial charge in [-0.25, -0.2) is 0 Å². The van der Waals surface area contributed by atoms with Crippen molar-refractivity contribution < 1.29 is 21.2 Å². The lowest BCUT2D eigenvalue weighted by molar-refractivity contribution is 0.196. The molecular formula is C2H14O5Si4. The highest BCUT2D eigenvalue weighted by molar-refractivity contribution is 6.48. The molecule has 9 heteroatoms.